The third-order valence-corrected chi connectivity index (χ3v) is 2.67. The summed E-state index contributed by atoms with van der Waals surface area (Å²) in [5, 5.41) is 16.1. The van der Waals surface area contributed by atoms with Crippen molar-refractivity contribution in [3.63, 3.8) is 0 Å². The Morgan fingerprint density at radius 1 is 1.15 bits per heavy atom. The minimum atomic E-state index is -0.560. The normalized spacial score (nSPS) is 10.7. The second kappa shape index (κ2) is 4.57. The summed E-state index contributed by atoms with van der Waals surface area (Å²) in [6.45, 7) is 0. The monoisotopic (exact) mass is 273 g/mol. The first kappa shape index (κ1) is 12.0. The zero-order valence-electron chi connectivity index (χ0n) is 9.96. The van der Waals surface area contributed by atoms with E-state index in [1.165, 1.54) is 30.6 Å². The number of aromatic amines is 2. The predicted molar refractivity (Wildman–Crippen MR) is 67.3 cm³/mol. The second-order valence-corrected chi connectivity index (χ2v) is 3.95. The van der Waals surface area contributed by atoms with Gasteiger partial charge in [-0.25, -0.2) is 9.37 Å². The number of rotatable bonds is 2. The van der Waals surface area contributed by atoms with Crippen molar-refractivity contribution in [1.82, 2.24) is 25.1 Å². The first-order chi connectivity index (χ1) is 9.65. The minimum Gasteiger partial charge on any atom is -0.493 e. The quantitative estimate of drug-likeness (QED) is 0.647. The van der Waals surface area contributed by atoms with Crippen LogP contribution in [-0.4, -0.2) is 30.3 Å². The van der Waals surface area contributed by atoms with Crippen molar-refractivity contribution in [3.8, 4) is 28.7 Å². The van der Waals surface area contributed by atoms with E-state index in [4.69, 9.17) is 0 Å². The summed E-state index contributed by atoms with van der Waals surface area (Å²) >= 11 is 0. The number of hydrogen-bond donors (Lipinski definition) is 3. The molecule has 2 heterocycles. The van der Waals surface area contributed by atoms with Crippen molar-refractivity contribution in [3.05, 3.63) is 46.8 Å². The van der Waals surface area contributed by atoms with Gasteiger partial charge in [0.05, 0.1) is 0 Å². The first-order valence-corrected chi connectivity index (χ1v) is 5.60. The van der Waals surface area contributed by atoms with Gasteiger partial charge in [-0.3, -0.25) is 9.89 Å². The van der Waals surface area contributed by atoms with Crippen molar-refractivity contribution in [1.29, 1.82) is 0 Å². The SMILES string of the molecule is O=c1[nH]c(-c2ncn[nH]2)nc(O)c1-c1ccc(F)cc1. The number of aromatic nitrogens is 5. The van der Waals surface area contributed by atoms with E-state index >= 15 is 0 Å². The number of halogens is 1. The van der Waals surface area contributed by atoms with Crippen LogP contribution in [0.2, 0.25) is 0 Å². The van der Waals surface area contributed by atoms with E-state index in [1.54, 1.807) is 0 Å². The lowest BCUT2D eigenvalue weighted by Crippen LogP contribution is -2.12. The van der Waals surface area contributed by atoms with Gasteiger partial charge in [0.15, 0.2) is 11.6 Å². The Morgan fingerprint density at radius 2 is 1.90 bits per heavy atom. The standard InChI is InChI=1S/C12H8FN5O2/c13-7-3-1-6(2-4-7)8-11(19)16-10(17-12(8)20)9-14-5-15-18-9/h1-5H,(H,14,15,18)(H2,16,17,19,20). The lowest BCUT2D eigenvalue weighted by atomic mass is 10.1. The zero-order chi connectivity index (χ0) is 14.1. The van der Waals surface area contributed by atoms with E-state index in [0.29, 0.717) is 5.56 Å². The third-order valence-electron chi connectivity index (χ3n) is 2.67. The summed E-state index contributed by atoms with van der Waals surface area (Å²) in [6.07, 6.45) is 1.25. The van der Waals surface area contributed by atoms with Crippen LogP contribution in [0, 0.1) is 5.82 Å². The molecule has 0 radical (unpaired) electrons. The fourth-order valence-electron chi connectivity index (χ4n) is 1.77. The van der Waals surface area contributed by atoms with Crippen molar-refractivity contribution < 1.29 is 9.50 Å². The molecule has 3 N–H and O–H groups in total. The van der Waals surface area contributed by atoms with Gasteiger partial charge in [-0.2, -0.15) is 10.1 Å². The summed E-state index contributed by atoms with van der Waals surface area (Å²) in [5.41, 5.74) is -0.231. The summed E-state index contributed by atoms with van der Waals surface area (Å²) < 4.78 is 12.9. The third kappa shape index (κ3) is 2.03. The molecule has 100 valence electrons. The van der Waals surface area contributed by atoms with Gasteiger partial charge in [-0.15, -0.1) is 0 Å². The molecule has 1 aromatic carbocycles. The van der Waals surface area contributed by atoms with E-state index in [0.717, 1.165) is 0 Å². The molecule has 20 heavy (non-hydrogen) atoms. The molecule has 0 amide bonds. The fourth-order valence-corrected chi connectivity index (χ4v) is 1.77. The van der Waals surface area contributed by atoms with E-state index in [1.807, 2.05) is 0 Å². The molecule has 7 nitrogen and oxygen atoms in total. The van der Waals surface area contributed by atoms with E-state index in [-0.39, 0.29) is 17.2 Å². The first-order valence-electron chi connectivity index (χ1n) is 5.60. The molecule has 3 aromatic rings. The van der Waals surface area contributed by atoms with Gasteiger partial charge >= 0.3 is 0 Å². The average molecular weight is 273 g/mol. The molecule has 0 saturated heterocycles. The minimum absolute atomic E-state index is 0.0340. The molecule has 0 atom stereocenters. The van der Waals surface area contributed by atoms with Crippen LogP contribution in [0.15, 0.2) is 35.4 Å². The maximum Gasteiger partial charge on any atom is 0.263 e. The van der Waals surface area contributed by atoms with Crippen LogP contribution in [0.4, 0.5) is 4.39 Å². The topological polar surface area (TPSA) is 108 Å². The van der Waals surface area contributed by atoms with E-state index < -0.39 is 17.3 Å². The molecule has 2 aromatic heterocycles. The van der Waals surface area contributed by atoms with Crippen LogP contribution in [-0.2, 0) is 0 Å². The molecule has 0 unspecified atom stereocenters. The highest BCUT2D eigenvalue weighted by atomic mass is 19.1. The van der Waals surface area contributed by atoms with E-state index in [2.05, 4.69) is 25.1 Å². The van der Waals surface area contributed by atoms with E-state index in [9.17, 15) is 14.3 Å². The highest BCUT2D eigenvalue weighted by Gasteiger charge is 2.15. The smallest absolute Gasteiger partial charge is 0.263 e. The van der Waals surface area contributed by atoms with Crippen LogP contribution < -0.4 is 5.56 Å². The highest BCUT2D eigenvalue weighted by Crippen LogP contribution is 2.24. The molecule has 0 saturated carbocycles. The molecule has 0 bridgehead atoms. The van der Waals surface area contributed by atoms with Gasteiger partial charge in [-0.05, 0) is 17.7 Å². The molecular formula is C12H8FN5O2. The molecule has 8 heteroatoms. The Hall–Kier alpha value is -3.03. The van der Waals surface area contributed by atoms with Crippen LogP contribution >= 0.6 is 0 Å². The Kier molecular flexibility index (Phi) is 2.75. The maximum absolute atomic E-state index is 12.9. The van der Waals surface area contributed by atoms with Crippen molar-refractivity contribution in [2.45, 2.75) is 0 Å². The Morgan fingerprint density at radius 3 is 2.50 bits per heavy atom. The molecule has 3 rings (SSSR count). The summed E-state index contributed by atoms with van der Waals surface area (Å²) in [5.74, 6) is -0.610. The molecular weight excluding hydrogens is 265 g/mol. The Bertz CT molecular complexity index is 796. The van der Waals surface area contributed by atoms with Gasteiger partial charge < -0.3 is 10.1 Å². The largest absolute Gasteiger partial charge is 0.493 e. The summed E-state index contributed by atoms with van der Waals surface area (Å²) in [4.78, 5) is 22.2. The van der Waals surface area contributed by atoms with Crippen LogP contribution in [0.5, 0.6) is 5.88 Å². The van der Waals surface area contributed by atoms with Crippen LogP contribution in [0.25, 0.3) is 22.8 Å². The highest BCUT2D eigenvalue weighted by molar-refractivity contribution is 5.68. The fraction of sp³-hybridized carbons (Fsp3) is 0. The van der Waals surface area contributed by atoms with Gasteiger partial charge in [0, 0.05) is 0 Å². The zero-order valence-corrected chi connectivity index (χ0v) is 9.96. The number of nitrogens with one attached hydrogen (secondary N) is 2. The molecule has 0 aliphatic carbocycles. The average Bonchev–Trinajstić information content (AvgIpc) is 2.94. The molecule has 0 spiro atoms. The van der Waals surface area contributed by atoms with Crippen LogP contribution in [0.3, 0.4) is 0 Å². The lowest BCUT2D eigenvalue weighted by molar-refractivity contribution is 0.454. The molecule has 0 fully saturated rings. The van der Waals surface area contributed by atoms with Crippen molar-refractivity contribution >= 4 is 0 Å². The predicted octanol–water partition coefficient (Wildman–Crippen LogP) is 1.07. The van der Waals surface area contributed by atoms with Gasteiger partial charge in [-0.1, -0.05) is 12.1 Å². The maximum atomic E-state index is 12.9. The molecule has 0 aliphatic heterocycles. The number of aromatic hydroxyl groups is 1. The Balaban J connectivity index is 2.14. The van der Waals surface area contributed by atoms with Crippen molar-refractivity contribution in [2.75, 3.05) is 0 Å². The van der Waals surface area contributed by atoms with Gasteiger partial charge in [0.2, 0.25) is 5.88 Å². The number of benzene rings is 1. The van der Waals surface area contributed by atoms with Gasteiger partial charge in [0.25, 0.3) is 5.56 Å². The lowest BCUT2D eigenvalue weighted by Gasteiger charge is -2.04. The Labute approximate surface area is 111 Å². The van der Waals surface area contributed by atoms with Gasteiger partial charge in [0.1, 0.15) is 17.7 Å². The summed E-state index contributed by atoms with van der Waals surface area (Å²) in [7, 11) is 0. The van der Waals surface area contributed by atoms with Crippen LogP contribution in [0.1, 0.15) is 0 Å². The second-order valence-electron chi connectivity index (χ2n) is 3.95. The number of nitrogens with zero attached hydrogens (tertiary/aromatic N) is 3. The van der Waals surface area contributed by atoms with Crippen molar-refractivity contribution in [2.24, 2.45) is 0 Å². The summed E-state index contributed by atoms with van der Waals surface area (Å²) in [6, 6.07) is 5.15. The number of hydrogen-bond acceptors (Lipinski definition) is 5. The number of H-pyrrole nitrogens is 2. The molecule has 0 aliphatic rings.